The molecule has 1 saturated carbocycles. The predicted octanol–water partition coefficient (Wildman–Crippen LogP) is 5.29. The number of carboxylic acids is 1. The molecule has 0 aliphatic heterocycles. The molecule has 1 atom stereocenters. The van der Waals surface area contributed by atoms with Crippen molar-refractivity contribution in [1.29, 1.82) is 0 Å². The van der Waals surface area contributed by atoms with E-state index in [9.17, 15) is 9.90 Å². The van der Waals surface area contributed by atoms with Crippen LogP contribution in [0.4, 0.5) is 0 Å². The third-order valence-electron chi connectivity index (χ3n) is 6.57. The Morgan fingerprint density at radius 2 is 2.00 bits per heavy atom. The van der Waals surface area contributed by atoms with E-state index in [-0.39, 0.29) is 17.8 Å². The molecule has 1 fully saturated rings. The van der Waals surface area contributed by atoms with Gasteiger partial charge in [0, 0.05) is 5.92 Å². The highest BCUT2D eigenvalue weighted by atomic mass is 16.5. The lowest BCUT2D eigenvalue weighted by Crippen LogP contribution is -2.37. The van der Waals surface area contributed by atoms with Gasteiger partial charge in [-0.25, -0.2) is 0 Å². The van der Waals surface area contributed by atoms with Gasteiger partial charge in [0.1, 0.15) is 0 Å². The van der Waals surface area contributed by atoms with Gasteiger partial charge in [-0.1, -0.05) is 58.5 Å². The van der Waals surface area contributed by atoms with Crippen LogP contribution in [0.15, 0.2) is 4.52 Å². The summed E-state index contributed by atoms with van der Waals surface area (Å²) in [7, 11) is 0. The topological polar surface area (TPSA) is 88.2 Å². The number of nitrogens with zero attached hydrogens (tertiary/aromatic N) is 2. The summed E-state index contributed by atoms with van der Waals surface area (Å²) in [6.45, 7) is 10.7. The average Bonchev–Trinajstić information content (AvgIpc) is 3.09. The van der Waals surface area contributed by atoms with Crippen molar-refractivity contribution < 1.29 is 14.4 Å². The Labute approximate surface area is 169 Å². The van der Waals surface area contributed by atoms with E-state index in [1.54, 1.807) is 0 Å². The Bertz CT molecular complexity index is 600. The molecule has 28 heavy (non-hydrogen) atoms. The quantitative estimate of drug-likeness (QED) is 0.496. The van der Waals surface area contributed by atoms with E-state index in [2.05, 4.69) is 43.2 Å². The fourth-order valence-corrected chi connectivity index (χ4v) is 4.70. The number of aliphatic carboxylic acids is 1. The van der Waals surface area contributed by atoms with Crippen LogP contribution in [-0.4, -0.2) is 27.8 Å². The Kier molecular flexibility index (Phi) is 8.47. The number of hydrogen-bond acceptors (Lipinski definition) is 5. The van der Waals surface area contributed by atoms with Gasteiger partial charge < -0.3 is 14.9 Å². The summed E-state index contributed by atoms with van der Waals surface area (Å²) in [6.07, 6.45) is 10.6. The predicted molar refractivity (Wildman–Crippen MR) is 110 cm³/mol. The van der Waals surface area contributed by atoms with Crippen molar-refractivity contribution in [2.45, 2.75) is 104 Å². The van der Waals surface area contributed by atoms with Crippen molar-refractivity contribution in [3.63, 3.8) is 0 Å². The standard InChI is InChI=1S/C22H39N3O3/c1-5-14-23-16-18-24-20(28-25-18)17(15-19(26)27)10-9-13-22(21(2,3)4)11-7-6-8-12-22/h17,23H,5-16H2,1-4H3,(H,26,27). The molecule has 6 heteroatoms. The minimum atomic E-state index is -0.808. The monoisotopic (exact) mass is 393 g/mol. The maximum absolute atomic E-state index is 11.4. The van der Waals surface area contributed by atoms with Gasteiger partial charge in [-0.2, -0.15) is 4.98 Å². The van der Waals surface area contributed by atoms with Crippen molar-refractivity contribution >= 4 is 5.97 Å². The van der Waals surface area contributed by atoms with E-state index in [4.69, 9.17) is 4.52 Å². The van der Waals surface area contributed by atoms with Crippen molar-refractivity contribution in [3.8, 4) is 0 Å². The summed E-state index contributed by atoms with van der Waals surface area (Å²) >= 11 is 0. The third kappa shape index (κ3) is 6.29. The zero-order valence-corrected chi connectivity index (χ0v) is 18.2. The van der Waals surface area contributed by atoms with E-state index in [0.29, 0.717) is 23.7 Å². The summed E-state index contributed by atoms with van der Waals surface area (Å²) in [6, 6.07) is 0. The van der Waals surface area contributed by atoms with Gasteiger partial charge in [-0.3, -0.25) is 4.79 Å². The molecule has 2 rings (SSSR count). The summed E-state index contributed by atoms with van der Waals surface area (Å²) in [5, 5.41) is 16.6. The molecule has 160 valence electrons. The molecule has 6 nitrogen and oxygen atoms in total. The van der Waals surface area contributed by atoms with Gasteiger partial charge in [-0.05, 0) is 49.5 Å². The average molecular weight is 394 g/mol. The summed E-state index contributed by atoms with van der Waals surface area (Å²) in [5.74, 6) is 0.0732. The Balaban J connectivity index is 1.99. The number of aromatic nitrogens is 2. The second kappa shape index (κ2) is 10.4. The second-order valence-corrected chi connectivity index (χ2v) is 9.50. The van der Waals surface area contributed by atoms with E-state index in [1.165, 1.54) is 32.1 Å². The van der Waals surface area contributed by atoms with E-state index in [1.807, 2.05) is 0 Å². The van der Waals surface area contributed by atoms with Crippen LogP contribution in [0.2, 0.25) is 0 Å². The lowest BCUT2D eigenvalue weighted by molar-refractivity contribution is -0.137. The Morgan fingerprint density at radius 1 is 1.29 bits per heavy atom. The normalized spacial score (nSPS) is 18.1. The molecule has 0 aromatic carbocycles. The van der Waals surface area contributed by atoms with E-state index in [0.717, 1.165) is 32.2 Å². The molecule has 0 saturated heterocycles. The maximum Gasteiger partial charge on any atom is 0.304 e. The van der Waals surface area contributed by atoms with Gasteiger partial charge in [0.15, 0.2) is 5.82 Å². The van der Waals surface area contributed by atoms with E-state index >= 15 is 0 Å². The maximum atomic E-state index is 11.4. The molecule has 0 radical (unpaired) electrons. The first-order valence-electron chi connectivity index (χ1n) is 11.0. The second-order valence-electron chi connectivity index (χ2n) is 9.50. The Hall–Kier alpha value is -1.43. The van der Waals surface area contributed by atoms with Crippen LogP contribution < -0.4 is 5.32 Å². The molecule has 1 aromatic rings. The smallest absolute Gasteiger partial charge is 0.304 e. The first-order valence-corrected chi connectivity index (χ1v) is 11.0. The fourth-order valence-electron chi connectivity index (χ4n) is 4.70. The molecule has 0 amide bonds. The number of carbonyl (C=O) groups is 1. The summed E-state index contributed by atoms with van der Waals surface area (Å²) in [5.41, 5.74) is 0.640. The van der Waals surface area contributed by atoms with Crippen LogP contribution in [0.1, 0.15) is 110 Å². The molecule has 1 heterocycles. The highest BCUT2D eigenvalue weighted by Gasteiger charge is 2.41. The number of carboxylic acid groups (broad SMARTS) is 1. The molecule has 0 spiro atoms. The fraction of sp³-hybridized carbons (Fsp3) is 0.864. The zero-order chi connectivity index (χ0) is 20.6. The first-order chi connectivity index (χ1) is 13.3. The third-order valence-corrected chi connectivity index (χ3v) is 6.57. The largest absolute Gasteiger partial charge is 0.481 e. The van der Waals surface area contributed by atoms with Crippen LogP contribution in [-0.2, 0) is 11.3 Å². The Morgan fingerprint density at radius 3 is 2.61 bits per heavy atom. The van der Waals surface area contributed by atoms with Crippen LogP contribution in [0.5, 0.6) is 0 Å². The molecule has 1 aliphatic carbocycles. The van der Waals surface area contributed by atoms with Gasteiger partial charge in [0.05, 0.1) is 13.0 Å². The van der Waals surface area contributed by atoms with Crippen molar-refractivity contribution in [3.05, 3.63) is 11.7 Å². The zero-order valence-electron chi connectivity index (χ0n) is 18.2. The number of nitrogens with one attached hydrogen (secondary N) is 1. The summed E-state index contributed by atoms with van der Waals surface area (Å²) in [4.78, 5) is 15.8. The highest BCUT2D eigenvalue weighted by molar-refractivity contribution is 5.67. The van der Waals surface area contributed by atoms with E-state index < -0.39 is 5.97 Å². The number of hydrogen-bond donors (Lipinski definition) is 2. The van der Waals surface area contributed by atoms with Crippen LogP contribution in [0.25, 0.3) is 0 Å². The molecular formula is C22H39N3O3. The van der Waals surface area contributed by atoms with Gasteiger partial charge in [0.2, 0.25) is 5.89 Å². The van der Waals surface area contributed by atoms with Gasteiger partial charge in [-0.15, -0.1) is 0 Å². The van der Waals surface area contributed by atoms with Gasteiger partial charge in [0.25, 0.3) is 0 Å². The van der Waals surface area contributed by atoms with Crippen LogP contribution >= 0.6 is 0 Å². The van der Waals surface area contributed by atoms with Crippen molar-refractivity contribution in [1.82, 2.24) is 15.5 Å². The molecular weight excluding hydrogens is 354 g/mol. The van der Waals surface area contributed by atoms with Crippen LogP contribution in [0.3, 0.4) is 0 Å². The molecule has 1 aromatic heterocycles. The van der Waals surface area contributed by atoms with Crippen molar-refractivity contribution in [2.24, 2.45) is 10.8 Å². The molecule has 1 unspecified atom stereocenters. The van der Waals surface area contributed by atoms with Gasteiger partial charge >= 0.3 is 5.97 Å². The minimum absolute atomic E-state index is 0.0482. The molecule has 2 N–H and O–H groups in total. The highest BCUT2D eigenvalue weighted by Crippen LogP contribution is 2.53. The lowest BCUT2D eigenvalue weighted by Gasteiger charge is -2.48. The number of rotatable bonds is 11. The van der Waals surface area contributed by atoms with Crippen LogP contribution in [0, 0.1) is 10.8 Å². The lowest BCUT2D eigenvalue weighted by atomic mass is 9.57. The van der Waals surface area contributed by atoms with Crippen molar-refractivity contribution in [2.75, 3.05) is 6.54 Å². The molecule has 1 aliphatic rings. The SMILES string of the molecule is CCCNCc1noc(C(CCCC2(C(C)(C)C)CCCCC2)CC(=O)O)n1. The minimum Gasteiger partial charge on any atom is -0.481 e. The first kappa shape index (κ1) is 22.9. The molecule has 0 bridgehead atoms. The summed E-state index contributed by atoms with van der Waals surface area (Å²) < 4.78 is 5.43.